The third kappa shape index (κ3) is 5.11. The average Bonchev–Trinajstić information content (AvgIpc) is 2.91. The number of nitrogens with zero attached hydrogens (tertiary/aromatic N) is 2. The Hall–Kier alpha value is -1.79. The molecule has 0 saturated carbocycles. The van der Waals surface area contributed by atoms with Gasteiger partial charge in [-0.05, 0) is 58.6 Å². The molecule has 1 aromatic rings. The summed E-state index contributed by atoms with van der Waals surface area (Å²) < 4.78 is 43.0. The first-order valence-electron chi connectivity index (χ1n) is 8.08. The predicted molar refractivity (Wildman–Crippen MR) is 83.5 cm³/mol. The number of likely N-dealkylation sites (tertiary alicyclic amines) is 1. The number of carbonyl (C=O) groups is 1. The van der Waals surface area contributed by atoms with Crippen LogP contribution in [-0.2, 0) is 17.3 Å². The zero-order chi connectivity index (χ0) is 18.0. The molecule has 0 N–H and O–H groups in total. The first kappa shape index (κ1) is 18.5. The first-order valence-corrected chi connectivity index (χ1v) is 8.08. The summed E-state index contributed by atoms with van der Waals surface area (Å²) >= 11 is 0. The summed E-state index contributed by atoms with van der Waals surface area (Å²) in [5.74, 6) is 0. The minimum absolute atomic E-state index is 0.0453. The lowest BCUT2D eigenvalue weighted by molar-refractivity contribution is -0.137. The lowest BCUT2D eigenvalue weighted by Crippen LogP contribution is -2.40. The molecule has 1 aliphatic heterocycles. The molecule has 0 unspecified atom stereocenters. The quantitative estimate of drug-likeness (QED) is 0.814. The van der Waals surface area contributed by atoms with Gasteiger partial charge >= 0.3 is 12.3 Å². The molecule has 2 heterocycles. The lowest BCUT2D eigenvalue weighted by Gasteiger charge is -2.28. The number of aromatic nitrogens is 1. The van der Waals surface area contributed by atoms with Gasteiger partial charge in [-0.2, -0.15) is 13.2 Å². The van der Waals surface area contributed by atoms with E-state index in [1.54, 1.807) is 4.90 Å². The van der Waals surface area contributed by atoms with Crippen molar-refractivity contribution in [1.29, 1.82) is 0 Å². The van der Waals surface area contributed by atoms with Crippen LogP contribution in [0.5, 0.6) is 0 Å². The lowest BCUT2D eigenvalue weighted by atomic mass is 10.1. The van der Waals surface area contributed by atoms with Crippen molar-refractivity contribution in [2.75, 3.05) is 6.54 Å². The largest absolute Gasteiger partial charge is 0.444 e. The molecule has 0 spiro atoms. The van der Waals surface area contributed by atoms with Crippen LogP contribution in [0.15, 0.2) is 18.3 Å². The molecule has 1 amide bonds. The summed E-state index contributed by atoms with van der Waals surface area (Å²) in [6.07, 6.45) is -0.866. The van der Waals surface area contributed by atoms with E-state index in [1.165, 1.54) is 6.07 Å². The van der Waals surface area contributed by atoms with Gasteiger partial charge in [0, 0.05) is 24.5 Å². The maximum absolute atomic E-state index is 12.5. The van der Waals surface area contributed by atoms with Gasteiger partial charge in [0.1, 0.15) is 5.60 Å². The molecule has 1 fully saturated rings. The standard InChI is InChI=1S/C17H23F3N2O2/c1-16(2,3)24-15(23)22-10-4-5-14(22)9-8-13-7-6-12(11-21-13)17(18,19)20/h6-7,11,14H,4-5,8-10H2,1-3H3/t14-/m0/s1. The van der Waals surface area contributed by atoms with Crippen molar-refractivity contribution in [2.24, 2.45) is 0 Å². The first-order chi connectivity index (χ1) is 11.1. The number of pyridine rings is 1. The fraction of sp³-hybridized carbons (Fsp3) is 0.647. The van der Waals surface area contributed by atoms with Gasteiger partial charge in [-0.3, -0.25) is 4.98 Å². The fourth-order valence-electron chi connectivity index (χ4n) is 2.75. The normalized spacial score (nSPS) is 18.8. The zero-order valence-electron chi connectivity index (χ0n) is 14.2. The third-order valence-corrected chi connectivity index (χ3v) is 3.89. The molecule has 134 valence electrons. The third-order valence-electron chi connectivity index (χ3n) is 3.89. The summed E-state index contributed by atoms with van der Waals surface area (Å²) in [6, 6.07) is 2.49. The number of aryl methyl sites for hydroxylation is 1. The summed E-state index contributed by atoms with van der Waals surface area (Å²) in [6.45, 7) is 6.12. The minimum Gasteiger partial charge on any atom is -0.444 e. The van der Waals surface area contributed by atoms with Crippen LogP contribution in [0.1, 0.15) is 51.3 Å². The second-order valence-electron chi connectivity index (χ2n) is 7.04. The maximum atomic E-state index is 12.5. The molecule has 0 aliphatic carbocycles. The Morgan fingerprint density at radius 1 is 1.33 bits per heavy atom. The Morgan fingerprint density at radius 2 is 2.04 bits per heavy atom. The molecule has 1 saturated heterocycles. The highest BCUT2D eigenvalue weighted by atomic mass is 19.4. The topological polar surface area (TPSA) is 42.4 Å². The second kappa shape index (κ2) is 6.99. The van der Waals surface area contributed by atoms with Crippen LogP contribution in [-0.4, -0.2) is 34.2 Å². The van der Waals surface area contributed by atoms with Crippen molar-refractivity contribution >= 4 is 6.09 Å². The van der Waals surface area contributed by atoms with Gasteiger partial charge in [0.2, 0.25) is 0 Å². The van der Waals surface area contributed by atoms with Crippen LogP contribution < -0.4 is 0 Å². The molecule has 1 aromatic heterocycles. The fourth-order valence-corrected chi connectivity index (χ4v) is 2.75. The molecular formula is C17H23F3N2O2. The Bertz CT molecular complexity index is 565. The number of alkyl halides is 3. The summed E-state index contributed by atoms with van der Waals surface area (Å²) in [5.41, 5.74) is -0.694. The van der Waals surface area contributed by atoms with E-state index < -0.39 is 17.3 Å². The van der Waals surface area contributed by atoms with Crippen molar-refractivity contribution in [3.8, 4) is 0 Å². The highest BCUT2D eigenvalue weighted by molar-refractivity contribution is 5.68. The highest BCUT2D eigenvalue weighted by Crippen LogP contribution is 2.29. The van der Waals surface area contributed by atoms with E-state index in [4.69, 9.17) is 4.74 Å². The molecule has 0 bridgehead atoms. The van der Waals surface area contributed by atoms with Crippen LogP contribution in [0.2, 0.25) is 0 Å². The summed E-state index contributed by atoms with van der Waals surface area (Å²) in [4.78, 5) is 17.8. The smallest absolute Gasteiger partial charge is 0.417 e. The Balaban J connectivity index is 1.92. The van der Waals surface area contributed by atoms with Crippen molar-refractivity contribution in [3.05, 3.63) is 29.6 Å². The Labute approximate surface area is 140 Å². The monoisotopic (exact) mass is 344 g/mol. The Morgan fingerprint density at radius 3 is 2.58 bits per heavy atom. The van der Waals surface area contributed by atoms with Gasteiger partial charge in [-0.1, -0.05) is 0 Å². The second-order valence-corrected chi connectivity index (χ2v) is 7.04. The van der Waals surface area contributed by atoms with Crippen molar-refractivity contribution in [1.82, 2.24) is 9.88 Å². The minimum atomic E-state index is -4.37. The van der Waals surface area contributed by atoms with Gasteiger partial charge in [-0.25, -0.2) is 4.79 Å². The number of rotatable bonds is 3. The van der Waals surface area contributed by atoms with Crippen LogP contribution >= 0.6 is 0 Å². The molecule has 0 aromatic carbocycles. The molecule has 2 rings (SSSR count). The van der Waals surface area contributed by atoms with Crippen molar-refractivity contribution < 1.29 is 22.7 Å². The molecular weight excluding hydrogens is 321 g/mol. The molecule has 1 aliphatic rings. The number of halogens is 3. The molecule has 1 atom stereocenters. The van der Waals surface area contributed by atoms with Gasteiger partial charge in [-0.15, -0.1) is 0 Å². The van der Waals surface area contributed by atoms with Gasteiger partial charge in [0.25, 0.3) is 0 Å². The molecule has 24 heavy (non-hydrogen) atoms. The van der Waals surface area contributed by atoms with Crippen LogP contribution in [0, 0.1) is 0 Å². The average molecular weight is 344 g/mol. The number of amides is 1. The van der Waals surface area contributed by atoms with Crippen LogP contribution in [0.4, 0.5) is 18.0 Å². The molecule has 7 heteroatoms. The zero-order valence-corrected chi connectivity index (χ0v) is 14.2. The molecule has 4 nitrogen and oxygen atoms in total. The number of ether oxygens (including phenoxy) is 1. The van der Waals surface area contributed by atoms with Gasteiger partial charge in [0.15, 0.2) is 0 Å². The van der Waals surface area contributed by atoms with Gasteiger partial charge in [0.05, 0.1) is 5.56 Å². The number of carbonyl (C=O) groups excluding carboxylic acids is 1. The SMILES string of the molecule is CC(C)(C)OC(=O)N1CCC[C@H]1CCc1ccc(C(F)(F)F)cn1. The summed E-state index contributed by atoms with van der Waals surface area (Å²) in [7, 11) is 0. The van der Waals surface area contributed by atoms with Crippen molar-refractivity contribution in [2.45, 2.75) is 64.3 Å². The summed E-state index contributed by atoms with van der Waals surface area (Å²) in [5, 5.41) is 0. The van der Waals surface area contributed by atoms with E-state index in [-0.39, 0.29) is 12.1 Å². The van der Waals surface area contributed by atoms with E-state index in [9.17, 15) is 18.0 Å². The van der Waals surface area contributed by atoms with Gasteiger partial charge < -0.3 is 9.64 Å². The van der Waals surface area contributed by atoms with E-state index in [2.05, 4.69) is 4.98 Å². The Kier molecular flexibility index (Phi) is 5.40. The van der Waals surface area contributed by atoms with Crippen LogP contribution in [0.25, 0.3) is 0 Å². The highest BCUT2D eigenvalue weighted by Gasteiger charge is 2.32. The van der Waals surface area contributed by atoms with Crippen LogP contribution in [0.3, 0.4) is 0 Å². The molecule has 0 radical (unpaired) electrons. The number of hydrogen-bond acceptors (Lipinski definition) is 3. The number of hydrogen-bond donors (Lipinski definition) is 0. The van der Waals surface area contributed by atoms with E-state index in [0.717, 1.165) is 25.1 Å². The van der Waals surface area contributed by atoms with Crippen molar-refractivity contribution in [3.63, 3.8) is 0 Å². The van der Waals surface area contributed by atoms with E-state index >= 15 is 0 Å². The van der Waals surface area contributed by atoms with E-state index in [1.807, 2.05) is 20.8 Å². The predicted octanol–water partition coefficient (Wildman–Crippen LogP) is 4.43. The van der Waals surface area contributed by atoms with E-state index in [0.29, 0.717) is 25.1 Å². The maximum Gasteiger partial charge on any atom is 0.417 e.